The fourth-order valence-electron chi connectivity index (χ4n) is 0.977. The summed E-state index contributed by atoms with van der Waals surface area (Å²) >= 11 is -2.51. The lowest BCUT2D eigenvalue weighted by Gasteiger charge is -2.11. The molecule has 1 rings (SSSR count). The molecule has 1 aromatic carbocycles. The van der Waals surface area contributed by atoms with Crippen LogP contribution in [-0.2, 0) is 21.3 Å². The van der Waals surface area contributed by atoms with Gasteiger partial charge in [-0.1, -0.05) is 0 Å². The molecule has 7 nitrogen and oxygen atoms in total. The first-order valence-electron chi connectivity index (χ1n) is 3.94. The highest BCUT2D eigenvalue weighted by molar-refractivity contribution is 7.92. The van der Waals surface area contributed by atoms with Gasteiger partial charge in [-0.15, -0.1) is 0 Å². The average Bonchev–Trinajstić information content (AvgIpc) is 2.07. The largest absolute Gasteiger partial charge is 0.755 e. The molecule has 16 heavy (non-hydrogen) atoms. The van der Waals surface area contributed by atoms with E-state index in [1.807, 2.05) is 9.44 Å². The number of nitrogens with one attached hydrogen (secondary N) is 2. The van der Waals surface area contributed by atoms with Gasteiger partial charge < -0.3 is 14.4 Å². The fourth-order valence-corrected chi connectivity index (χ4v) is 1.86. The minimum absolute atomic E-state index is 0.0991. The number of anilines is 2. The molecule has 0 fully saturated rings. The molecule has 0 aliphatic heterocycles. The van der Waals surface area contributed by atoms with Crippen LogP contribution in [0.2, 0.25) is 0 Å². The Hall–Kier alpha value is -1.32. The minimum atomic E-state index is -3.54. The van der Waals surface area contributed by atoms with Gasteiger partial charge in [-0.05, 0) is 18.2 Å². The molecular weight excluding hydrogens is 256 g/mol. The molecule has 1 unspecified atom stereocenters. The predicted molar refractivity (Wildman–Crippen MR) is 59.1 cm³/mol. The highest BCUT2D eigenvalue weighted by Gasteiger charge is 2.07. The van der Waals surface area contributed by atoms with E-state index in [4.69, 9.17) is 0 Å². The highest BCUT2D eigenvalue weighted by Crippen LogP contribution is 2.27. The topological polar surface area (TPSA) is 119 Å². The van der Waals surface area contributed by atoms with E-state index in [-0.39, 0.29) is 17.1 Å². The van der Waals surface area contributed by atoms with E-state index < -0.39 is 21.3 Å². The lowest BCUT2D eigenvalue weighted by molar-refractivity contribution is 0.477. The maximum Gasteiger partial charge on any atom is 0.229 e. The third-order valence-electron chi connectivity index (χ3n) is 1.49. The molecule has 0 aliphatic carbocycles. The third-order valence-corrected chi connectivity index (χ3v) is 2.49. The van der Waals surface area contributed by atoms with Crippen LogP contribution in [-0.4, -0.2) is 28.5 Å². The van der Waals surface area contributed by atoms with E-state index in [0.717, 1.165) is 12.3 Å². The van der Waals surface area contributed by atoms with Crippen LogP contribution in [0, 0.1) is 0 Å². The first kappa shape index (κ1) is 12.7. The van der Waals surface area contributed by atoms with E-state index in [0.29, 0.717) is 0 Å². The normalized spacial score (nSPS) is 13.1. The second-order valence-corrected chi connectivity index (χ2v) is 5.36. The Labute approximate surface area is 95.0 Å². The Balaban J connectivity index is 3.04. The van der Waals surface area contributed by atoms with Gasteiger partial charge in [-0.3, -0.25) is 8.93 Å². The molecule has 0 amide bonds. The quantitative estimate of drug-likeness (QED) is 0.401. The number of phenolic OH excluding ortho intramolecular Hbond substituents is 1. The molecule has 3 N–H and O–H groups in total. The summed E-state index contributed by atoms with van der Waals surface area (Å²) in [5.74, 6) is -0.298. The van der Waals surface area contributed by atoms with Crippen molar-refractivity contribution in [3.8, 4) is 5.75 Å². The van der Waals surface area contributed by atoms with Gasteiger partial charge >= 0.3 is 0 Å². The molecule has 0 saturated heterocycles. The minimum Gasteiger partial charge on any atom is -0.755 e. The van der Waals surface area contributed by atoms with Crippen LogP contribution in [0.4, 0.5) is 11.4 Å². The second-order valence-electron chi connectivity index (χ2n) is 2.94. The van der Waals surface area contributed by atoms with Gasteiger partial charge in [0, 0.05) is 17.0 Å². The molecule has 0 radical (unpaired) electrons. The van der Waals surface area contributed by atoms with Gasteiger partial charge in [0.2, 0.25) is 10.0 Å². The van der Waals surface area contributed by atoms with Crippen LogP contribution in [0.25, 0.3) is 0 Å². The molecule has 1 atom stereocenters. The number of hydrogen-bond acceptors (Lipinski definition) is 5. The Kier molecular flexibility index (Phi) is 3.73. The summed E-state index contributed by atoms with van der Waals surface area (Å²) in [5, 5.41) is 9.32. The van der Waals surface area contributed by atoms with Crippen LogP contribution in [0.5, 0.6) is 5.75 Å². The molecular formula is C7H9N2O5S2-. The van der Waals surface area contributed by atoms with E-state index in [1.54, 1.807) is 0 Å². The van der Waals surface area contributed by atoms with Gasteiger partial charge in [0.25, 0.3) is 0 Å². The molecule has 0 aromatic heterocycles. The van der Waals surface area contributed by atoms with Crippen LogP contribution in [0.3, 0.4) is 0 Å². The summed E-state index contributed by atoms with van der Waals surface area (Å²) in [6, 6.07) is 3.62. The first-order valence-corrected chi connectivity index (χ1v) is 6.91. The van der Waals surface area contributed by atoms with Crippen molar-refractivity contribution in [2.45, 2.75) is 0 Å². The van der Waals surface area contributed by atoms with Crippen molar-refractivity contribution in [3.05, 3.63) is 18.2 Å². The van der Waals surface area contributed by atoms with Crippen molar-refractivity contribution in [1.82, 2.24) is 0 Å². The number of aromatic hydroxyl groups is 1. The monoisotopic (exact) mass is 265 g/mol. The lowest BCUT2D eigenvalue weighted by atomic mass is 10.3. The smallest absolute Gasteiger partial charge is 0.229 e. The van der Waals surface area contributed by atoms with Crippen LogP contribution < -0.4 is 9.44 Å². The summed E-state index contributed by atoms with van der Waals surface area (Å²) < 4.78 is 46.6. The van der Waals surface area contributed by atoms with Gasteiger partial charge in [0.05, 0.1) is 11.9 Å². The van der Waals surface area contributed by atoms with Crippen molar-refractivity contribution in [2.75, 3.05) is 15.7 Å². The van der Waals surface area contributed by atoms with E-state index in [1.165, 1.54) is 12.1 Å². The highest BCUT2D eigenvalue weighted by atomic mass is 32.2. The molecule has 0 spiro atoms. The molecule has 90 valence electrons. The van der Waals surface area contributed by atoms with Crippen LogP contribution in [0.1, 0.15) is 0 Å². The number of hydrogen-bond donors (Lipinski definition) is 3. The fraction of sp³-hybridized carbons (Fsp3) is 0.143. The van der Waals surface area contributed by atoms with E-state index >= 15 is 0 Å². The van der Waals surface area contributed by atoms with Gasteiger partial charge in [-0.25, -0.2) is 8.42 Å². The first-order chi connectivity index (χ1) is 7.28. The van der Waals surface area contributed by atoms with Crippen molar-refractivity contribution in [1.29, 1.82) is 0 Å². The maximum absolute atomic E-state index is 10.9. The van der Waals surface area contributed by atoms with E-state index in [2.05, 4.69) is 0 Å². The molecule has 0 saturated carbocycles. The predicted octanol–water partition coefficient (Wildman–Crippen LogP) is -0.0303. The number of phenols is 1. The van der Waals surface area contributed by atoms with Crippen molar-refractivity contribution < 1.29 is 22.3 Å². The second kappa shape index (κ2) is 4.68. The molecule has 0 heterocycles. The number of benzene rings is 1. The van der Waals surface area contributed by atoms with E-state index in [9.17, 15) is 22.3 Å². The third kappa shape index (κ3) is 4.04. The van der Waals surface area contributed by atoms with Crippen LogP contribution >= 0.6 is 0 Å². The number of sulfonamides is 1. The average molecular weight is 265 g/mol. The molecule has 1 aromatic rings. The van der Waals surface area contributed by atoms with Crippen molar-refractivity contribution in [2.24, 2.45) is 0 Å². The zero-order chi connectivity index (χ0) is 12.3. The Bertz CT molecular complexity index is 514. The van der Waals surface area contributed by atoms with Crippen molar-refractivity contribution in [3.63, 3.8) is 0 Å². The van der Waals surface area contributed by atoms with Gasteiger partial charge in [-0.2, -0.15) is 0 Å². The summed E-state index contributed by atoms with van der Waals surface area (Å²) in [6.07, 6.45) is 0.915. The Morgan fingerprint density at radius 2 is 2.06 bits per heavy atom. The Morgan fingerprint density at radius 1 is 1.44 bits per heavy atom. The summed E-state index contributed by atoms with van der Waals surface area (Å²) in [4.78, 5) is 0. The Morgan fingerprint density at radius 3 is 2.56 bits per heavy atom. The van der Waals surface area contributed by atoms with Gasteiger partial charge in [0.1, 0.15) is 5.75 Å². The zero-order valence-corrected chi connectivity index (χ0v) is 9.76. The maximum atomic E-state index is 10.9. The summed E-state index contributed by atoms with van der Waals surface area (Å²) in [6.45, 7) is 0. The molecule has 0 bridgehead atoms. The summed E-state index contributed by atoms with van der Waals surface area (Å²) in [7, 11) is -3.54. The van der Waals surface area contributed by atoms with Crippen LogP contribution in [0.15, 0.2) is 18.2 Å². The summed E-state index contributed by atoms with van der Waals surface area (Å²) in [5.41, 5.74) is 0.0373. The zero-order valence-electron chi connectivity index (χ0n) is 8.13. The van der Waals surface area contributed by atoms with Gasteiger partial charge in [0.15, 0.2) is 0 Å². The molecule has 9 heteroatoms. The van der Waals surface area contributed by atoms with Crippen molar-refractivity contribution >= 4 is 32.7 Å². The number of rotatable bonds is 4. The SMILES string of the molecule is CS(=O)(=O)Nc1cc(NS(=O)[O-])ccc1O. The lowest BCUT2D eigenvalue weighted by Crippen LogP contribution is -2.10. The standard InChI is InChI=1S/C7H10N2O5S2/c1-16(13,14)9-6-4-5(8-15(11)12)2-3-7(6)10/h2-4,8-10H,1H3,(H,11,12)/p-1. The molecule has 0 aliphatic rings.